The average Bonchev–Trinajstić information content (AvgIpc) is 2.43. The highest BCUT2D eigenvalue weighted by atomic mass is 79.9. The lowest BCUT2D eigenvalue weighted by molar-refractivity contribution is 0.0698. The molecule has 2 rings (SSSR count). The predicted molar refractivity (Wildman–Crippen MR) is 85.5 cm³/mol. The lowest BCUT2D eigenvalue weighted by atomic mass is 10.1. The van der Waals surface area contributed by atoms with Crippen molar-refractivity contribution in [2.45, 2.75) is 0 Å². The number of anilines is 1. The zero-order valence-corrected chi connectivity index (χ0v) is 13.5. The molecule has 0 saturated carbocycles. The van der Waals surface area contributed by atoms with Crippen molar-refractivity contribution in [1.29, 1.82) is 0 Å². The summed E-state index contributed by atoms with van der Waals surface area (Å²) in [5, 5.41) is 12.3. The monoisotopic (exact) mass is 387 g/mol. The summed E-state index contributed by atoms with van der Waals surface area (Å²) in [5.74, 6) is -1.64. The van der Waals surface area contributed by atoms with E-state index >= 15 is 0 Å². The molecule has 0 radical (unpaired) electrons. The van der Waals surface area contributed by atoms with Crippen LogP contribution in [-0.4, -0.2) is 17.0 Å². The van der Waals surface area contributed by atoms with Crippen LogP contribution in [0.25, 0.3) is 0 Å². The Morgan fingerprint density at radius 2 is 1.81 bits per heavy atom. The van der Waals surface area contributed by atoms with Crippen molar-refractivity contribution in [3.8, 4) is 0 Å². The molecule has 0 bridgehead atoms. The van der Waals surface area contributed by atoms with E-state index in [1.807, 2.05) is 0 Å². The molecule has 2 aromatic carbocycles. The lowest BCUT2D eigenvalue weighted by Crippen LogP contribution is -2.14. The Morgan fingerprint density at radius 1 is 1.10 bits per heavy atom. The summed E-state index contributed by atoms with van der Waals surface area (Å²) < 4.78 is 0.665. The molecule has 4 nitrogen and oxygen atoms in total. The van der Waals surface area contributed by atoms with E-state index in [9.17, 15) is 9.59 Å². The first-order valence-electron chi connectivity index (χ1n) is 5.67. The van der Waals surface area contributed by atoms with Crippen molar-refractivity contribution >= 4 is 56.7 Å². The van der Waals surface area contributed by atoms with Gasteiger partial charge in [-0.2, -0.15) is 0 Å². The smallest absolute Gasteiger partial charge is 0.337 e. The van der Waals surface area contributed by atoms with Crippen LogP contribution in [0.3, 0.4) is 0 Å². The van der Waals surface area contributed by atoms with Crippen molar-refractivity contribution in [2.75, 3.05) is 5.32 Å². The maximum Gasteiger partial charge on any atom is 0.337 e. The fraction of sp³-hybridized carbons (Fsp3) is 0. The molecule has 21 heavy (non-hydrogen) atoms. The first-order valence-corrected chi connectivity index (χ1v) is 7.22. The van der Waals surface area contributed by atoms with Gasteiger partial charge in [-0.05, 0) is 52.3 Å². The molecule has 0 fully saturated rings. The largest absolute Gasteiger partial charge is 0.478 e. The van der Waals surface area contributed by atoms with Gasteiger partial charge in [0.25, 0.3) is 5.91 Å². The van der Waals surface area contributed by atoms with Gasteiger partial charge in [0.15, 0.2) is 0 Å². The second kappa shape index (κ2) is 6.47. The number of rotatable bonds is 3. The molecular formula is C14H8BrCl2NO3. The minimum Gasteiger partial charge on any atom is -0.478 e. The van der Waals surface area contributed by atoms with E-state index in [4.69, 9.17) is 28.3 Å². The SMILES string of the molecule is O=C(Nc1ccc(Cl)cc1C(=O)O)c1ccc(Br)c(Cl)c1. The summed E-state index contributed by atoms with van der Waals surface area (Å²) in [6.45, 7) is 0. The summed E-state index contributed by atoms with van der Waals surface area (Å²) in [4.78, 5) is 23.3. The van der Waals surface area contributed by atoms with Gasteiger partial charge in [0.05, 0.1) is 16.3 Å². The van der Waals surface area contributed by atoms with Crippen LogP contribution in [-0.2, 0) is 0 Å². The normalized spacial score (nSPS) is 10.2. The Labute approximate surface area is 138 Å². The number of carbonyl (C=O) groups excluding carboxylic acids is 1. The van der Waals surface area contributed by atoms with Crippen molar-refractivity contribution < 1.29 is 14.7 Å². The first-order chi connectivity index (χ1) is 9.88. The van der Waals surface area contributed by atoms with Crippen LogP contribution >= 0.6 is 39.1 Å². The molecular weight excluding hydrogens is 381 g/mol. The molecule has 1 amide bonds. The zero-order valence-electron chi connectivity index (χ0n) is 10.4. The zero-order chi connectivity index (χ0) is 15.6. The van der Waals surface area contributed by atoms with E-state index in [2.05, 4.69) is 21.2 Å². The van der Waals surface area contributed by atoms with E-state index in [-0.39, 0.29) is 16.3 Å². The van der Waals surface area contributed by atoms with Gasteiger partial charge in [-0.3, -0.25) is 4.79 Å². The number of hydrogen-bond acceptors (Lipinski definition) is 2. The molecule has 0 aliphatic carbocycles. The number of aromatic carboxylic acids is 1. The fourth-order valence-electron chi connectivity index (χ4n) is 1.63. The van der Waals surface area contributed by atoms with Crippen LogP contribution in [0.1, 0.15) is 20.7 Å². The minimum atomic E-state index is -1.18. The van der Waals surface area contributed by atoms with E-state index in [0.29, 0.717) is 15.1 Å². The molecule has 0 atom stereocenters. The Bertz CT molecular complexity index is 734. The summed E-state index contributed by atoms with van der Waals surface area (Å²) >= 11 is 14.9. The highest BCUT2D eigenvalue weighted by Crippen LogP contribution is 2.25. The van der Waals surface area contributed by atoms with Crippen molar-refractivity contribution in [1.82, 2.24) is 0 Å². The predicted octanol–water partition coefficient (Wildman–Crippen LogP) is 4.71. The van der Waals surface area contributed by atoms with Gasteiger partial charge in [-0.15, -0.1) is 0 Å². The van der Waals surface area contributed by atoms with Crippen molar-refractivity contribution in [2.24, 2.45) is 0 Å². The molecule has 0 aliphatic heterocycles. The molecule has 0 aromatic heterocycles. The highest BCUT2D eigenvalue weighted by molar-refractivity contribution is 9.10. The molecule has 0 unspecified atom stereocenters. The van der Waals surface area contributed by atoms with Crippen LogP contribution in [0.5, 0.6) is 0 Å². The van der Waals surface area contributed by atoms with Gasteiger partial charge >= 0.3 is 5.97 Å². The van der Waals surface area contributed by atoms with Gasteiger partial charge in [0.2, 0.25) is 0 Å². The molecule has 0 aliphatic rings. The van der Waals surface area contributed by atoms with Crippen LogP contribution in [0.2, 0.25) is 10.0 Å². The van der Waals surface area contributed by atoms with Crippen molar-refractivity contribution in [3.63, 3.8) is 0 Å². The van der Waals surface area contributed by atoms with Crippen molar-refractivity contribution in [3.05, 3.63) is 62.0 Å². The summed E-state index contributed by atoms with van der Waals surface area (Å²) in [6, 6.07) is 8.90. The number of hydrogen-bond donors (Lipinski definition) is 2. The van der Waals surface area contributed by atoms with E-state index in [1.54, 1.807) is 12.1 Å². The lowest BCUT2D eigenvalue weighted by Gasteiger charge is -2.09. The number of carboxylic acids is 1. The van der Waals surface area contributed by atoms with E-state index in [1.165, 1.54) is 24.3 Å². The third-order valence-electron chi connectivity index (χ3n) is 2.64. The molecule has 2 N–H and O–H groups in total. The van der Waals surface area contributed by atoms with Gasteiger partial charge in [0, 0.05) is 15.1 Å². The number of halogens is 3. The molecule has 7 heteroatoms. The van der Waals surface area contributed by atoms with Gasteiger partial charge in [0.1, 0.15) is 0 Å². The number of carbonyl (C=O) groups is 2. The van der Waals surface area contributed by atoms with Gasteiger partial charge < -0.3 is 10.4 Å². The summed E-state index contributed by atoms with van der Waals surface area (Å²) in [6.07, 6.45) is 0. The van der Waals surface area contributed by atoms with E-state index in [0.717, 1.165) is 0 Å². The fourth-order valence-corrected chi connectivity index (χ4v) is 2.23. The number of carboxylic acid groups (broad SMARTS) is 1. The summed E-state index contributed by atoms with van der Waals surface area (Å²) in [7, 11) is 0. The third-order valence-corrected chi connectivity index (χ3v) is 4.11. The average molecular weight is 389 g/mol. The van der Waals surface area contributed by atoms with Crippen LogP contribution < -0.4 is 5.32 Å². The quantitative estimate of drug-likeness (QED) is 0.800. The highest BCUT2D eigenvalue weighted by Gasteiger charge is 2.14. The standard InChI is InChI=1S/C14H8BrCl2NO3/c15-10-3-1-7(5-11(10)17)13(19)18-12-4-2-8(16)6-9(12)14(20)21/h1-6H,(H,18,19)(H,20,21). The molecule has 2 aromatic rings. The number of amides is 1. The molecule has 108 valence electrons. The Kier molecular flexibility index (Phi) is 4.88. The Morgan fingerprint density at radius 3 is 2.43 bits per heavy atom. The summed E-state index contributed by atoms with van der Waals surface area (Å²) in [5.41, 5.74) is 0.393. The number of nitrogens with one attached hydrogen (secondary N) is 1. The Hall–Kier alpha value is -1.56. The third kappa shape index (κ3) is 3.75. The van der Waals surface area contributed by atoms with Crippen LogP contribution in [0.4, 0.5) is 5.69 Å². The first kappa shape index (κ1) is 15.8. The maximum absolute atomic E-state index is 12.1. The van der Waals surface area contributed by atoms with Gasteiger partial charge in [-0.25, -0.2) is 4.79 Å². The topological polar surface area (TPSA) is 66.4 Å². The second-order valence-corrected chi connectivity index (χ2v) is 5.78. The second-order valence-electron chi connectivity index (χ2n) is 4.08. The van der Waals surface area contributed by atoms with Crippen LogP contribution in [0.15, 0.2) is 40.9 Å². The minimum absolute atomic E-state index is 0.0842. The molecule has 0 spiro atoms. The Balaban J connectivity index is 2.31. The maximum atomic E-state index is 12.1. The van der Waals surface area contributed by atoms with E-state index < -0.39 is 11.9 Å². The van der Waals surface area contributed by atoms with Crippen LogP contribution in [0, 0.1) is 0 Å². The van der Waals surface area contributed by atoms with Gasteiger partial charge in [-0.1, -0.05) is 23.2 Å². The number of benzene rings is 2. The molecule has 0 saturated heterocycles. The molecule has 0 heterocycles.